The summed E-state index contributed by atoms with van der Waals surface area (Å²) >= 11 is 0. The highest BCUT2D eigenvalue weighted by Crippen LogP contribution is 2.26. The fourth-order valence-corrected chi connectivity index (χ4v) is 1.51. The monoisotopic (exact) mass is 253 g/mol. The average molecular weight is 253 g/mol. The molecule has 0 radical (unpaired) electrons. The van der Waals surface area contributed by atoms with Crippen LogP contribution in [0, 0.1) is 5.92 Å². The maximum Gasteiger partial charge on any atom is 0.315 e. The maximum atomic E-state index is 12.0. The second-order valence-electron chi connectivity index (χ2n) is 3.56. The van der Waals surface area contributed by atoms with Crippen LogP contribution in [0.3, 0.4) is 0 Å². The van der Waals surface area contributed by atoms with Gasteiger partial charge in [-0.25, -0.2) is 0 Å². The highest BCUT2D eigenvalue weighted by molar-refractivity contribution is 6.10. The molecular formula is C12H15NO5. The third kappa shape index (κ3) is 2.78. The first-order valence-electron chi connectivity index (χ1n) is 5.24. The minimum atomic E-state index is -1.27. The van der Waals surface area contributed by atoms with Crippen molar-refractivity contribution in [2.24, 2.45) is 11.7 Å². The number of carbonyl (C=O) groups is 2. The standard InChI is InChI=1S/C12H15NO5/c1-17-7-3-4-8(10(5-7)18-2)11(14)9(6-13)12(15)16/h3-5,9H,6,13H2,1-2H3,(H,15,16)/t9-/m0/s1. The lowest BCUT2D eigenvalue weighted by Gasteiger charge is -2.12. The molecule has 0 spiro atoms. The zero-order chi connectivity index (χ0) is 13.7. The quantitative estimate of drug-likeness (QED) is 0.567. The largest absolute Gasteiger partial charge is 0.497 e. The molecule has 1 aromatic carbocycles. The van der Waals surface area contributed by atoms with Gasteiger partial charge in [-0.2, -0.15) is 0 Å². The molecule has 0 heterocycles. The van der Waals surface area contributed by atoms with Gasteiger partial charge in [0.05, 0.1) is 19.8 Å². The molecular weight excluding hydrogens is 238 g/mol. The molecule has 1 aromatic rings. The Kier molecular flexibility index (Phi) is 4.67. The van der Waals surface area contributed by atoms with Crippen molar-refractivity contribution in [2.45, 2.75) is 0 Å². The van der Waals surface area contributed by atoms with Gasteiger partial charge >= 0.3 is 5.97 Å². The van der Waals surface area contributed by atoms with Gasteiger partial charge in [0.15, 0.2) is 5.78 Å². The van der Waals surface area contributed by atoms with E-state index in [1.165, 1.54) is 26.4 Å². The van der Waals surface area contributed by atoms with Gasteiger partial charge < -0.3 is 20.3 Å². The van der Waals surface area contributed by atoms with Crippen LogP contribution in [0.25, 0.3) is 0 Å². The number of benzene rings is 1. The molecule has 0 saturated carbocycles. The van der Waals surface area contributed by atoms with Gasteiger partial charge in [0.2, 0.25) is 0 Å². The first kappa shape index (κ1) is 14.0. The van der Waals surface area contributed by atoms with Gasteiger partial charge in [0.25, 0.3) is 0 Å². The van der Waals surface area contributed by atoms with Crippen molar-refractivity contribution >= 4 is 11.8 Å². The molecule has 0 saturated heterocycles. The van der Waals surface area contributed by atoms with Crippen molar-refractivity contribution in [3.05, 3.63) is 23.8 Å². The number of Topliss-reactive ketones (excluding diaryl/α,β-unsaturated/α-hetero) is 1. The van der Waals surface area contributed by atoms with Crippen molar-refractivity contribution < 1.29 is 24.2 Å². The predicted molar refractivity (Wildman–Crippen MR) is 64.1 cm³/mol. The van der Waals surface area contributed by atoms with E-state index in [1.807, 2.05) is 0 Å². The highest BCUT2D eigenvalue weighted by atomic mass is 16.5. The molecule has 6 heteroatoms. The van der Waals surface area contributed by atoms with Crippen LogP contribution in [0.4, 0.5) is 0 Å². The van der Waals surface area contributed by atoms with Gasteiger partial charge in [-0.1, -0.05) is 0 Å². The SMILES string of the molecule is COc1ccc(C(=O)[C@H](CN)C(=O)O)c(OC)c1. The third-order valence-corrected chi connectivity index (χ3v) is 2.52. The summed E-state index contributed by atoms with van der Waals surface area (Å²) < 4.78 is 10.0. The maximum absolute atomic E-state index is 12.0. The van der Waals surface area contributed by atoms with Gasteiger partial charge in [0, 0.05) is 12.6 Å². The number of aliphatic carboxylic acids is 1. The second-order valence-corrected chi connectivity index (χ2v) is 3.56. The Bertz CT molecular complexity index is 458. The lowest BCUT2D eigenvalue weighted by atomic mass is 9.97. The van der Waals surface area contributed by atoms with Gasteiger partial charge in [-0.3, -0.25) is 9.59 Å². The smallest absolute Gasteiger partial charge is 0.315 e. The fraction of sp³-hybridized carbons (Fsp3) is 0.333. The molecule has 0 aliphatic heterocycles. The summed E-state index contributed by atoms with van der Waals surface area (Å²) in [4.78, 5) is 22.9. The minimum Gasteiger partial charge on any atom is -0.497 e. The summed E-state index contributed by atoms with van der Waals surface area (Å²) in [5, 5.41) is 8.90. The second kappa shape index (κ2) is 6.02. The Morgan fingerprint density at radius 1 is 1.33 bits per heavy atom. The van der Waals surface area contributed by atoms with Crippen LogP contribution in [-0.4, -0.2) is 37.6 Å². The van der Waals surface area contributed by atoms with Crippen LogP contribution in [-0.2, 0) is 4.79 Å². The lowest BCUT2D eigenvalue weighted by Crippen LogP contribution is -2.31. The van der Waals surface area contributed by atoms with E-state index in [0.29, 0.717) is 5.75 Å². The van der Waals surface area contributed by atoms with E-state index < -0.39 is 17.7 Å². The Hall–Kier alpha value is -2.08. The molecule has 0 aromatic heterocycles. The molecule has 0 amide bonds. The third-order valence-electron chi connectivity index (χ3n) is 2.52. The van der Waals surface area contributed by atoms with Crippen LogP contribution in [0.1, 0.15) is 10.4 Å². The number of nitrogens with two attached hydrogens (primary N) is 1. The van der Waals surface area contributed by atoms with E-state index in [0.717, 1.165) is 0 Å². The van der Waals surface area contributed by atoms with E-state index in [2.05, 4.69) is 0 Å². The van der Waals surface area contributed by atoms with E-state index >= 15 is 0 Å². The molecule has 6 nitrogen and oxygen atoms in total. The topological polar surface area (TPSA) is 98.9 Å². The Morgan fingerprint density at radius 3 is 2.44 bits per heavy atom. The molecule has 0 unspecified atom stereocenters. The molecule has 0 fully saturated rings. The molecule has 1 atom stereocenters. The summed E-state index contributed by atoms with van der Waals surface area (Å²) in [5.41, 5.74) is 5.47. The average Bonchev–Trinajstić information content (AvgIpc) is 2.38. The molecule has 0 aliphatic carbocycles. The van der Waals surface area contributed by atoms with Gasteiger partial charge in [-0.05, 0) is 12.1 Å². The first-order chi connectivity index (χ1) is 8.54. The van der Waals surface area contributed by atoms with Gasteiger partial charge in [-0.15, -0.1) is 0 Å². The number of ether oxygens (including phenoxy) is 2. The number of ketones is 1. The van der Waals surface area contributed by atoms with E-state index in [9.17, 15) is 9.59 Å². The lowest BCUT2D eigenvalue weighted by molar-refractivity contribution is -0.139. The van der Waals surface area contributed by atoms with E-state index in [-0.39, 0.29) is 17.9 Å². The molecule has 0 bridgehead atoms. The van der Waals surface area contributed by atoms with Crippen molar-refractivity contribution in [3.8, 4) is 11.5 Å². The molecule has 3 N–H and O–H groups in total. The van der Waals surface area contributed by atoms with Crippen LogP contribution in [0.2, 0.25) is 0 Å². The van der Waals surface area contributed by atoms with Crippen LogP contribution >= 0.6 is 0 Å². The summed E-state index contributed by atoms with van der Waals surface area (Å²) in [6.07, 6.45) is 0. The van der Waals surface area contributed by atoms with Gasteiger partial charge in [0.1, 0.15) is 17.4 Å². The van der Waals surface area contributed by atoms with E-state index in [1.54, 1.807) is 6.07 Å². The fourth-order valence-electron chi connectivity index (χ4n) is 1.51. The summed E-state index contributed by atoms with van der Waals surface area (Å²) in [6, 6.07) is 4.54. The van der Waals surface area contributed by atoms with E-state index in [4.69, 9.17) is 20.3 Å². The number of carbonyl (C=O) groups excluding carboxylic acids is 1. The summed E-state index contributed by atoms with van der Waals surface area (Å²) in [5.74, 6) is -2.32. The highest BCUT2D eigenvalue weighted by Gasteiger charge is 2.28. The molecule has 0 aliphatic rings. The normalized spacial score (nSPS) is 11.7. The van der Waals surface area contributed by atoms with Crippen molar-refractivity contribution in [3.63, 3.8) is 0 Å². The summed E-state index contributed by atoms with van der Waals surface area (Å²) in [6.45, 7) is -0.261. The number of carboxylic acids is 1. The Labute approximate surface area is 104 Å². The Morgan fingerprint density at radius 2 is 2.00 bits per heavy atom. The molecule has 1 rings (SSSR count). The number of hydrogen-bond acceptors (Lipinski definition) is 5. The number of rotatable bonds is 6. The zero-order valence-electron chi connectivity index (χ0n) is 10.2. The number of carboxylic acid groups (broad SMARTS) is 1. The minimum absolute atomic E-state index is 0.177. The predicted octanol–water partition coefficient (Wildman–Crippen LogP) is 0.546. The van der Waals surface area contributed by atoms with Crippen molar-refractivity contribution in [1.29, 1.82) is 0 Å². The Balaban J connectivity index is 3.16. The number of hydrogen-bond donors (Lipinski definition) is 2. The van der Waals surface area contributed by atoms with Crippen LogP contribution in [0.15, 0.2) is 18.2 Å². The number of methoxy groups -OCH3 is 2. The molecule has 18 heavy (non-hydrogen) atoms. The zero-order valence-corrected chi connectivity index (χ0v) is 10.2. The summed E-state index contributed by atoms with van der Waals surface area (Å²) in [7, 11) is 2.87. The van der Waals surface area contributed by atoms with Crippen LogP contribution in [0.5, 0.6) is 11.5 Å². The van der Waals surface area contributed by atoms with Crippen LogP contribution < -0.4 is 15.2 Å². The van der Waals surface area contributed by atoms with Crippen molar-refractivity contribution in [1.82, 2.24) is 0 Å². The first-order valence-corrected chi connectivity index (χ1v) is 5.24. The molecule has 98 valence electrons. The van der Waals surface area contributed by atoms with Crippen molar-refractivity contribution in [2.75, 3.05) is 20.8 Å².